The van der Waals surface area contributed by atoms with Crippen molar-refractivity contribution in [1.82, 2.24) is 0 Å². The maximum atomic E-state index is 10.1. The summed E-state index contributed by atoms with van der Waals surface area (Å²) >= 11 is -2.34. The first kappa shape index (κ1) is 21.5. The monoisotopic (exact) mass is 404 g/mol. The Morgan fingerprint density at radius 3 is 1.62 bits per heavy atom. The molecule has 0 radical (unpaired) electrons. The van der Waals surface area contributed by atoms with Crippen LogP contribution in [0.2, 0.25) is 13.3 Å². The van der Waals surface area contributed by atoms with Crippen molar-refractivity contribution in [1.29, 1.82) is 0 Å². The van der Waals surface area contributed by atoms with Crippen LogP contribution in [0.4, 0.5) is 0 Å². The van der Waals surface area contributed by atoms with Crippen molar-refractivity contribution in [3.8, 4) is 0 Å². The van der Waals surface area contributed by atoms with Gasteiger partial charge in [-0.25, -0.2) is 0 Å². The van der Waals surface area contributed by atoms with Crippen LogP contribution in [0.15, 0.2) is 9.67 Å². The summed E-state index contributed by atoms with van der Waals surface area (Å²) < 4.78 is 5.95. The van der Waals surface area contributed by atoms with E-state index in [9.17, 15) is 5.11 Å². The molecule has 0 bridgehead atoms. The zero-order valence-electron chi connectivity index (χ0n) is 15.4. The molecule has 0 saturated heterocycles. The number of hydrogen-bond acceptors (Lipinski definition) is 1. The summed E-state index contributed by atoms with van der Waals surface area (Å²) in [7, 11) is 0. The summed E-state index contributed by atoms with van der Waals surface area (Å²) in [6, 6.07) is 0. The molecule has 0 rings (SSSR count). The molecule has 1 N–H and O–H groups in total. The zero-order valence-corrected chi connectivity index (χ0v) is 18.2. The fourth-order valence-electron chi connectivity index (χ4n) is 3.26. The van der Waals surface area contributed by atoms with Gasteiger partial charge in [0.25, 0.3) is 0 Å². The first-order valence-corrected chi connectivity index (χ1v) is 16.9. The van der Waals surface area contributed by atoms with Crippen molar-refractivity contribution in [2.75, 3.05) is 6.61 Å². The van der Waals surface area contributed by atoms with Crippen LogP contribution in [0.5, 0.6) is 0 Å². The van der Waals surface area contributed by atoms with Gasteiger partial charge in [0.1, 0.15) is 0 Å². The molecule has 0 aliphatic rings. The number of unbranched alkanes of at least 4 members (excludes halogenated alkanes) is 3. The summed E-state index contributed by atoms with van der Waals surface area (Å²) in [5.41, 5.74) is 0. The Hall–Kier alpha value is 0.499. The van der Waals surface area contributed by atoms with E-state index in [1.165, 1.54) is 58.3 Å². The van der Waals surface area contributed by atoms with Gasteiger partial charge in [0.2, 0.25) is 0 Å². The van der Waals surface area contributed by atoms with Gasteiger partial charge in [-0.05, 0) is 0 Å². The van der Waals surface area contributed by atoms with E-state index in [-0.39, 0.29) is 0 Å². The van der Waals surface area contributed by atoms with Gasteiger partial charge in [-0.1, -0.05) is 0 Å². The molecule has 2 heteroatoms. The summed E-state index contributed by atoms with van der Waals surface area (Å²) in [5.74, 6) is 0.633. The third-order valence-corrected chi connectivity index (χ3v) is 21.0. The van der Waals surface area contributed by atoms with Crippen LogP contribution in [0.1, 0.15) is 79.6 Å². The van der Waals surface area contributed by atoms with E-state index in [2.05, 4.69) is 40.7 Å². The summed E-state index contributed by atoms with van der Waals surface area (Å²) in [5, 5.41) is 10.1. The van der Waals surface area contributed by atoms with E-state index in [4.69, 9.17) is 0 Å². The zero-order chi connectivity index (χ0) is 16.1. The predicted octanol–water partition coefficient (Wildman–Crippen LogP) is 6.34. The number of hydrogen-bond donors (Lipinski definition) is 1. The van der Waals surface area contributed by atoms with Crippen LogP contribution < -0.4 is 0 Å². The Labute approximate surface area is 138 Å². The topological polar surface area (TPSA) is 20.2 Å². The third-order valence-electron chi connectivity index (χ3n) is 5.01. The Morgan fingerprint density at radius 2 is 1.33 bits per heavy atom. The quantitative estimate of drug-likeness (QED) is 0.356. The number of aliphatic hydroxyl groups is 1. The molecular formula is C19H40OSn. The third kappa shape index (κ3) is 8.06. The summed E-state index contributed by atoms with van der Waals surface area (Å²) in [4.78, 5) is 0. The van der Waals surface area contributed by atoms with Gasteiger partial charge < -0.3 is 0 Å². The van der Waals surface area contributed by atoms with Crippen molar-refractivity contribution in [2.45, 2.75) is 92.9 Å². The molecular weight excluding hydrogens is 363 g/mol. The van der Waals surface area contributed by atoms with Crippen molar-refractivity contribution >= 4 is 18.4 Å². The van der Waals surface area contributed by atoms with Crippen LogP contribution in [0, 0.1) is 5.92 Å². The van der Waals surface area contributed by atoms with Gasteiger partial charge >= 0.3 is 139 Å². The summed E-state index contributed by atoms with van der Waals surface area (Å²) in [6.07, 6.45) is 11.7. The molecule has 0 aliphatic carbocycles. The van der Waals surface area contributed by atoms with Gasteiger partial charge in [-0.2, -0.15) is 0 Å². The molecule has 1 atom stereocenters. The molecule has 0 saturated carbocycles. The molecule has 0 heterocycles. The molecule has 0 aliphatic heterocycles. The maximum absolute atomic E-state index is 10.1. The van der Waals surface area contributed by atoms with Crippen molar-refractivity contribution in [3.63, 3.8) is 0 Å². The van der Waals surface area contributed by atoms with E-state index in [0.29, 0.717) is 12.5 Å². The molecule has 0 fully saturated rings. The molecule has 0 amide bonds. The van der Waals surface area contributed by atoms with Gasteiger partial charge in [-0.3, -0.25) is 0 Å². The molecule has 1 nitrogen and oxygen atoms in total. The Bertz CT molecular complexity index is 251. The molecule has 0 spiro atoms. The van der Waals surface area contributed by atoms with Gasteiger partial charge in [0.15, 0.2) is 0 Å². The first-order valence-electron chi connectivity index (χ1n) is 9.42. The van der Waals surface area contributed by atoms with Gasteiger partial charge in [0.05, 0.1) is 0 Å². The van der Waals surface area contributed by atoms with Crippen molar-refractivity contribution in [2.24, 2.45) is 5.92 Å². The fourth-order valence-corrected chi connectivity index (χ4v) is 19.8. The number of rotatable bonds is 13. The van der Waals surface area contributed by atoms with Crippen LogP contribution in [-0.2, 0) is 0 Å². The van der Waals surface area contributed by atoms with Crippen LogP contribution in [0.3, 0.4) is 0 Å². The van der Waals surface area contributed by atoms with Crippen LogP contribution in [0.25, 0.3) is 0 Å². The first-order chi connectivity index (χ1) is 10.1. The van der Waals surface area contributed by atoms with E-state index in [0.717, 1.165) is 0 Å². The Kier molecular flexibility index (Phi) is 13.3. The minimum absolute atomic E-state index is 0.345. The standard InChI is InChI=1S/C7H13O.3C4H9.Sn/c1-3-7(2)5-4-6-8;3*1-3-4-2;/h5,7-8H,3,6H2,1-2H3;3*1,3-4H2,2H3;. The van der Waals surface area contributed by atoms with Gasteiger partial charge in [0, 0.05) is 0 Å². The molecule has 0 aromatic rings. The summed E-state index contributed by atoms with van der Waals surface area (Å²) in [6.45, 7) is 11.9. The average Bonchev–Trinajstić information content (AvgIpc) is 2.52. The fraction of sp³-hybridized carbons (Fsp3) is 0.895. The average molecular weight is 403 g/mol. The second kappa shape index (κ2) is 13.0. The second-order valence-corrected chi connectivity index (χ2v) is 20.2. The van der Waals surface area contributed by atoms with Crippen molar-refractivity contribution < 1.29 is 5.11 Å². The van der Waals surface area contributed by atoms with Crippen molar-refractivity contribution in [3.05, 3.63) is 9.67 Å². The predicted molar refractivity (Wildman–Crippen MR) is 99.5 cm³/mol. The van der Waals surface area contributed by atoms with Crippen LogP contribution >= 0.6 is 0 Å². The molecule has 0 aromatic carbocycles. The SMILES string of the molecule is CCC[CH2][Sn]([CH2]CCC)([CH2]CCC)/[C](=C/C(C)CC)CO. The van der Waals surface area contributed by atoms with Gasteiger partial charge in [-0.15, -0.1) is 0 Å². The molecule has 21 heavy (non-hydrogen) atoms. The molecule has 126 valence electrons. The van der Waals surface area contributed by atoms with E-state index >= 15 is 0 Å². The minimum atomic E-state index is -2.34. The Morgan fingerprint density at radius 1 is 0.905 bits per heavy atom. The van der Waals surface area contributed by atoms with E-state index < -0.39 is 18.4 Å². The normalized spacial score (nSPS) is 14.5. The second-order valence-electron chi connectivity index (χ2n) is 6.83. The molecule has 1 unspecified atom stereocenters. The number of allylic oxidation sites excluding steroid dienone is 1. The number of aliphatic hydroxyl groups excluding tert-OH is 1. The van der Waals surface area contributed by atoms with Crippen LogP contribution in [-0.4, -0.2) is 30.1 Å². The van der Waals surface area contributed by atoms with E-state index in [1.807, 2.05) is 0 Å². The molecule has 0 aromatic heterocycles. The van der Waals surface area contributed by atoms with E-state index in [1.54, 1.807) is 3.59 Å². The Balaban J connectivity index is 5.36.